The largest absolute Gasteiger partial charge is 0.309 e. The third-order valence-electron chi connectivity index (χ3n) is 15.0. The van der Waals surface area contributed by atoms with Crippen molar-refractivity contribution in [1.29, 1.82) is 0 Å². The van der Waals surface area contributed by atoms with E-state index in [9.17, 15) is 0 Å². The average Bonchev–Trinajstić information content (AvgIpc) is 4.24. The molecular formula is C72H48N4S. The topological polar surface area (TPSA) is 34.0 Å². The van der Waals surface area contributed by atoms with Crippen molar-refractivity contribution in [3.05, 3.63) is 291 Å². The van der Waals surface area contributed by atoms with Gasteiger partial charge in [0.05, 0.1) is 28.4 Å². The third kappa shape index (κ3) is 8.65. The predicted molar refractivity (Wildman–Crippen MR) is 324 cm³/mol. The first kappa shape index (κ1) is 45.7. The van der Waals surface area contributed by atoms with Crippen LogP contribution in [-0.4, -0.2) is 13.3 Å². The molecule has 0 aliphatic rings. The van der Waals surface area contributed by atoms with Crippen molar-refractivity contribution in [1.82, 2.24) is 13.3 Å². The Morgan fingerprint density at radius 3 is 1.00 bits per heavy atom. The molecule has 0 aliphatic carbocycles. The molecule has 4 nitrogen and oxygen atoms in total. The molecule has 0 saturated carbocycles. The van der Waals surface area contributed by atoms with Crippen molar-refractivity contribution in [3.63, 3.8) is 0 Å². The summed E-state index contributed by atoms with van der Waals surface area (Å²) in [6.07, 6.45) is 0. The normalized spacial score (nSPS) is 11.4. The minimum atomic E-state index is 0.856. The second-order valence-corrected chi connectivity index (χ2v) is 20.0. The Kier molecular flexibility index (Phi) is 11.7. The van der Waals surface area contributed by atoms with E-state index in [1.165, 1.54) is 89.3 Å². The highest BCUT2D eigenvalue weighted by atomic mass is 32.1. The summed E-state index contributed by atoms with van der Waals surface area (Å²) < 4.78 is 12.4. The molecular weight excluding hydrogens is 953 g/mol. The fraction of sp³-hybridized carbons (Fsp3) is 0. The maximum atomic E-state index is 5.01. The highest BCUT2D eigenvalue weighted by molar-refractivity contribution is 7.00. The molecule has 0 atom stereocenters. The Bertz CT molecular complexity index is 4140. The van der Waals surface area contributed by atoms with E-state index in [2.05, 4.69) is 301 Å². The molecule has 362 valence electrons. The summed E-state index contributed by atoms with van der Waals surface area (Å²) in [6, 6.07) is 105. The fourth-order valence-electron chi connectivity index (χ4n) is 11.0. The molecule has 14 rings (SSSR count). The Hall–Kier alpha value is -9.94. The summed E-state index contributed by atoms with van der Waals surface area (Å²) in [4.78, 5) is 2.30. The lowest BCUT2D eigenvalue weighted by Crippen LogP contribution is -2.10. The van der Waals surface area contributed by atoms with Gasteiger partial charge in [0, 0.05) is 33.4 Å². The van der Waals surface area contributed by atoms with Crippen LogP contribution < -0.4 is 4.90 Å². The molecule has 14 aromatic rings. The van der Waals surface area contributed by atoms with E-state index >= 15 is 0 Å². The SMILES string of the molecule is c1ccc(-c2ccc(-c3ccc4c(c3)c3cc(-c5ccc(-c6ccccc6)cc5)ccc3n4-c3ccc(-c4ccc(N(c5ccc(-c6ccccc6)cc5)c5ccc(-c6ccccc6)cc5)c5nsnc45)cc3)cc2)cc1. The molecule has 0 fully saturated rings. The van der Waals surface area contributed by atoms with Crippen LogP contribution in [0.15, 0.2) is 291 Å². The highest BCUT2D eigenvalue weighted by Gasteiger charge is 2.22. The summed E-state index contributed by atoms with van der Waals surface area (Å²) >= 11 is 1.25. The van der Waals surface area contributed by atoms with E-state index in [0.717, 1.165) is 55.9 Å². The number of benzene rings is 12. The molecule has 77 heavy (non-hydrogen) atoms. The maximum Gasteiger partial charge on any atom is 0.129 e. The van der Waals surface area contributed by atoms with Gasteiger partial charge < -0.3 is 9.47 Å². The van der Waals surface area contributed by atoms with Crippen molar-refractivity contribution < 1.29 is 0 Å². The van der Waals surface area contributed by atoms with Gasteiger partial charge >= 0.3 is 0 Å². The van der Waals surface area contributed by atoms with Crippen LogP contribution in [0.1, 0.15) is 0 Å². The average molecular weight is 1000 g/mol. The Morgan fingerprint density at radius 1 is 0.273 bits per heavy atom. The van der Waals surface area contributed by atoms with E-state index in [1.807, 2.05) is 0 Å². The number of fused-ring (bicyclic) bond motifs is 4. The van der Waals surface area contributed by atoms with Gasteiger partial charge in [-0.1, -0.05) is 218 Å². The third-order valence-corrected chi connectivity index (χ3v) is 15.5. The van der Waals surface area contributed by atoms with Crippen molar-refractivity contribution in [2.75, 3.05) is 4.90 Å². The van der Waals surface area contributed by atoms with Gasteiger partial charge in [-0.05, 0) is 145 Å². The van der Waals surface area contributed by atoms with Crippen LogP contribution in [-0.2, 0) is 0 Å². The number of nitrogens with zero attached hydrogens (tertiary/aromatic N) is 4. The van der Waals surface area contributed by atoms with Crippen LogP contribution in [0.25, 0.3) is 116 Å². The Labute approximate surface area is 452 Å². The molecule has 0 saturated heterocycles. The van der Waals surface area contributed by atoms with Gasteiger partial charge in [0.25, 0.3) is 0 Å². The van der Waals surface area contributed by atoms with Crippen LogP contribution in [0.4, 0.5) is 17.1 Å². The molecule has 0 N–H and O–H groups in total. The number of aromatic nitrogens is 3. The zero-order valence-corrected chi connectivity index (χ0v) is 42.7. The highest BCUT2D eigenvalue weighted by Crippen LogP contribution is 2.44. The van der Waals surface area contributed by atoms with E-state index in [0.29, 0.717) is 0 Å². The summed E-state index contributed by atoms with van der Waals surface area (Å²) in [5.41, 5.74) is 24.5. The fourth-order valence-corrected chi connectivity index (χ4v) is 11.6. The summed E-state index contributed by atoms with van der Waals surface area (Å²) in [6.45, 7) is 0. The summed E-state index contributed by atoms with van der Waals surface area (Å²) in [7, 11) is 0. The second-order valence-electron chi connectivity index (χ2n) is 19.5. The van der Waals surface area contributed by atoms with Gasteiger partial charge in [0.15, 0.2) is 0 Å². The van der Waals surface area contributed by atoms with Crippen LogP contribution in [0.5, 0.6) is 0 Å². The molecule has 5 heteroatoms. The number of anilines is 3. The first-order chi connectivity index (χ1) is 38.2. The van der Waals surface area contributed by atoms with Crippen molar-refractivity contribution in [2.24, 2.45) is 0 Å². The Balaban J connectivity index is 0.841. The van der Waals surface area contributed by atoms with E-state index in [4.69, 9.17) is 8.75 Å². The lowest BCUT2D eigenvalue weighted by molar-refractivity contribution is 1.18. The standard InChI is InChI=1S/C72H48N4S/c1-5-13-49(14-6-1)53-21-25-57(26-22-53)60-35-44-68-66(47-60)67-48-61(58-27-23-54(24-28-58)50-15-7-2-8-16-50)36-45-69(67)76(68)64-41-33-59(34-42-64)65-43-46-70(72-71(65)73-77-74-72)75(62-37-29-55(30-38-62)51-17-9-3-10-18-51)63-39-31-56(32-40-63)52-19-11-4-12-20-52/h1-48H. The van der Waals surface area contributed by atoms with Crippen molar-refractivity contribution in [3.8, 4) is 83.6 Å². The second kappa shape index (κ2) is 19.7. The van der Waals surface area contributed by atoms with Crippen molar-refractivity contribution in [2.45, 2.75) is 0 Å². The molecule has 2 heterocycles. The summed E-state index contributed by atoms with van der Waals surface area (Å²) in [5, 5.41) is 2.41. The molecule has 0 bridgehead atoms. The van der Waals surface area contributed by atoms with Gasteiger partial charge in [-0.3, -0.25) is 0 Å². The smallest absolute Gasteiger partial charge is 0.129 e. The van der Waals surface area contributed by atoms with Gasteiger partial charge in [-0.25, -0.2) is 0 Å². The molecule has 2 aromatic heterocycles. The quantitative estimate of drug-likeness (QED) is 0.129. The van der Waals surface area contributed by atoms with Gasteiger partial charge in [-0.15, -0.1) is 0 Å². The van der Waals surface area contributed by atoms with Crippen LogP contribution in [0, 0.1) is 0 Å². The molecule has 0 spiro atoms. The minimum absolute atomic E-state index is 0.856. The molecule has 12 aromatic carbocycles. The molecule has 0 aliphatic heterocycles. The predicted octanol–water partition coefficient (Wildman–Crippen LogP) is 19.9. The summed E-state index contributed by atoms with van der Waals surface area (Å²) in [5.74, 6) is 0. The molecule has 0 radical (unpaired) electrons. The monoisotopic (exact) mass is 1000 g/mol. The molecule has 0 amide bonds. The van der Waals surface area contributed by atoms with E-state index in [1.54, 1.807) is 0 Å². The van der Waals surface area contributed by atoms with E-state index < -0.39 is 0 Å². The number of hydrogen-bond donors (Lipinski definition) is 0. The Morgan fingerprint density at radius 2 is 0.597 bits per heavy atom. The first-order valence-electron chi connectivity index (χ1n) is 26.0. The van der Waals surface area contributed by atoms with Gasteiger partial charge in [0.1, 0.15) is 11.0 Å². The molecule has 0 unspecified atom stereocenters. The first-order valence-corrected chi connectivity index (χ1v) is 26.8. The van der Waals surface area contributed by atoms with Crippen LogP contribution in [0.2, 0.25) is 0 Å². The lowest BCUT2D eigenvalue weighted by atomic mass is 9.97. The van der Waals surface area contributed by atoms with Crippen LogP contribution >= 0.6 is 11.7 Å². The maximum absolute atomic E-state index is 5.01. The van der Waals surface area contributed by atoms with Gasteiger partial charge in [0.2, 0.25) is 0 Å². The number of hydrogen-bond acceptors (Lipinski definition) is 4. The zero-order chi connectivity index (χ0) is 51.1. The van der Waals surface area contributed by atoms with Crippen LogP contribution in [0.3, 0.4) is 0 Å². The van der Waals surface area contributed by atoms with Crippen molar-refractivity contribution >= 4 is 61.6 Å². The zero-order valence-electron chi connectivity index (χ0n) is 41.9. The minimum Gasteiger partial charge on any atom is -0.309 e. The number of rotatable bonds is 11. The van der Waals surface area contributed by atoms with E-state index in [-0.39, 0.29) is 0 Å². The lowest BCUT2D eigenvalue weighted by Gasteiger charge is -2.26. The van der Waals surface area contributed by atoms with Gasteiger partial charge in [-0.2, -0.15) is 8.75 Å².